The number of carbonyl (C=O) groups excluding carboxylic acids is 1. The fourth-order valence-electron chi connectivity index (χ4n) is 1.90. The van der Waals surface area contributed by atoms with Crippen molar-refractivity contribution >= 4 is 23.0 Å². The lowest BCUT2D eigenvalue weighted by atomic mass is 10.0. The van der Waals surface area contributed by atoms with Gasteiger partial charge in [0.15, 0.2) is 11.3 Å². The number of phenolic OH excluding ortho intramolecular Hbond substituents is 1. The molecule has 0 spiro atoms. The number of rotatable bonds is 3. The van der Waals surface area contributed by atoms with Crippen molar-refractivity contribution in [2.24, 2.45) is 5.18 Å². The van der Waals surface area contributed by atoms with Crippen LogP contribution in [-0.4, -0.2) is 34.1 Å². The van der Waals surface area contributed by atoms with Gasteiger partial charge in [0.25, 0.3) is 5.91 Å². The fourth-order valence-corrected chi connectivity index (χ4v) is 1.90. The van der Waals surface area contributed by atoms with Gasteiger partial charge in [0, 0.05) is 18.7 Å². The van der Waals surface area contributed by atoms with Gasteiger partial charge in [-0.15, -0.1) is 4.91 Å². The van der Waals surface area contributed by atoms with E-state index in [-0.39, 0.29) is 16.9 Å². The predicted octanol–water partition coefficient (Wildman–Crippen LogP) is 1.40. The van der Waals surface area contributed by atoms with Gasteiger partial charge in [0.2, 0.25) is 0 Å². The second kappa shape index (κ2) is 5.50. The number of nitriles is 1. The van der Waals surface area contributed by atoms with Crippen molar-refractivity contribution in [2.45, 2.75) is 6.42 Å². The van der Waals surface area contributed by atoms with Gasteiger partial charge in [-0.05, 0) is 23.7 Å². The Morgan fingerprint density at radius 1 is 1.43 bits per heavy atom. The summed E-state index contributed by atoms with van der Waals surface area (Å²) in [6.45, 7) is 1.05. The molecular weight excluding hydrogens is 276 g/mol. The fraction of sp³-hybridized carbons (Fsp3) is 0.231. The van der Waals surface area contributed by atoms with Gasteiger partial charge >= 0.3 is 0 Å². The molecule has 1 heterocycles. The van der Waals surface area contributed by atoms with E-state index in [1.54, 1.807) is 6.07 Å². The summed E-state index contributed by atoms with van der Waals surface area (Å²) < 4.78 is 0. The number of aliphatic hydroxyl groups excluding tert-OH is 1. The number of hydrogen-bond acceptors (Lipinski definition) is 7. The van der Waals surface area contributed by atoms with Gasteiger partial charge in [-0.1, -0.05) is 0 Å². The third kappa shape index (κ3) is 2.49. The average Bonchev–Trinajstić information content (AvgIpc) is 2.36. The van der Waals surface area contributed by atoms with Crippen LogP contribution < -0.4 is 5.73 Å². The van der Waals surface area contributed by atoms with Crippen molar-refractivity contribution < 1.29 is 15.0 Å². The Labute approximate surface area is 119 Å². The van der Waals surface area contributed by atoms with E-state index in [2.05, 4.69) is 5.18 Å². The van der Waals surface area contributed by atoms with Crippen molar-refractivity contribution in [1.82, 2.24) is 4.90 Å². The summed E-state index contributed by atoms with van der Waals surface area (Å²) in [6.07, 6.45) is 0.846. The van der Waals surface area contributed by atoms with Gasteiger partial charge in [0.1, 0.15) is 17.6 Å². The van der Waals surface area contributed by atoms with Crippen molar-refractivity contribution in [2.75, 3.05) is 18.8 Å². The standard InChI is InChI=1S/C13H12N4O4/c14-6-8(13(20)17-2-1-3-17)12(19)7-4-9(15)11(16-21)10(18)5-7/h4-5,18-19H,1-3,15H2/b12-8-. The minimum Gasteiger partial charge on any atom is -0.506 e. The number of carbonyl (C=O) groups is 1. The third-order valence-corrected chi connectivity index (χ3v) is 3.19. The third-order valence-electron chi connectivity index (χ3n) is 3.19. The molecule has 1 aromatic rings. The zero-order valence-electron chi connectivity index (χ0n) is 10.9. The number of hydrogen-bond donors (Lipinski definition) is 3. The Morgan fingerprint density at radius 3 is 2.52 bits per heavy atom. The number of nitroso groups, excluding NO2 is 1. The first-order valence-corrected chi connectivity index (χ1v) is 6.08. The lowest BCUT2D eigenvalue weighted by molar-refractivity contribution is -0.129. The number of amides is 1. The minimum absolute atomic E-state index is 0.0391. The smallest absolute Gasteiger partial charge is 0.268 e. The first kappa shape index (κ1) is 14.3. The van der Waals surface area contributed by atoms with E-state index in [4.69, 9.17) is 11.0 Å². The Bertz CT molecular complexity index is 663. The molecule has 0 saturated carbocycles. The molecule has 1 aromatic carbocycles. The maximum atomic E-state index is 12.0. The molecule has 1 saturated heterocycles. The lowest BCUT2D eigenvalue weighted by Gasteiger charge is -2.30. The van der Waals surface area contributed by atoms with Crippen molar-refractivity contribution in [1.29, 1.82) is 5.26 Å². The normalized spacial score (nSPS) is 14.7. The van der Waals surface area contributed by atoms with Crippen LogP contribution in [0.15, 0.2) is 22.9 Å². The molecule has 1 fully saturated rings. The van der Waals surface area contributed by atoms with E-state index in [1.807, 2.05) is 0 Å². The molecule has 0 atom stereocenters. The number of phenols is 1. The Hall–Kier alpha value is -3.08. The number of nitrogen functional groups attached to an aromatic ring is 1. The number of likely N-dealkylation sites (tertiary alicyclic amines) is 1. The number of nitrogens with zero attached hydrogens (tertiary/aromatic N) is 3. The van der Waals surface area contributed by atoms with Gasteiger partial charge < -0.3 is 20.8 Å². The highest BCUT2D eigenvalue weighted by Crippen LogP contribution is 2.36. The second-order valence-electron chi connectivity index (χ2n) is 4.51. The van der Waals surface area contributed by atoms with Crippen LogP contribution in [0.2, 0.25) is 0 Å². The van der Waals surface area contributed by atoms with Crippen molar-refractivity contribution in [3.05, 3.63) is 28.2 Å². The monoisotopic (exact) mass is 288 g/mol. The number of benzene rings is 1. The summed E-state index contributed by atoms with van der Waals surface area (Å²) >= 11 is 0. The van der Waals surface area contributed by atoms with Gasteiger partial charge in [-0.25, -0.2) is 0 Å². The van der Waals surface area contributed by atoms with E-state index in [0.717, 1.165) is 18.6 Å². The summed E-state index contributed by atoms with van der Waals surface area (Å²) in [7, 11) is 0. The summed E-state index contributed by atoms with van der Waals surface area (Å²) in [5.74, 6) is -1.73. The van der Waals surface area contributed by atoms with Crippen LogP contribution in [0.4, 0.5) is 11.4 Å². The zero-order valence-corrected chi connectivity index (χ0v) is 10.9. The van der Waals surface area contributed by atoms with Crippen LogP contribution in [0.25, 0.3) is 5.76 Å². The van der Waals surface area contributed by atoms with E-state index < -0.39 is 23.0 Å². The van der Waals surface area contributed by atoms with Crippen LogP contribution in [-0.2, 0) is 4.79 Å². The molecular formula is C13H12N4O4. The number of nitrogens with two attached hydrogens (primary N) is 1. The Morgan fingerprint density at radius 2 is 2.10 bits per heavy atom. The summed E-state index contributed by atoms with van der Waals surface area (Å²) in [4.78, 5) is 23.9. The number of aliphatic hydroxyl groups is 1. The highest BCUT2D eigenvalue weighted by atomic mass is 16.3. The molecule has 0 bridgehead atoms. The van der Waals surface area contributed by atoms with Crippen molar-refractivity contribution in [3.8, 4) is 11.8 Å². The van der Waals surface area contributed by atoms with Gasteiger partial charge in [-0.2, -0.15) is 5.26 Å². The molecule has 1 aliphatic rings. The van der Waals surface area contributed by atoms with Crippen LogP contribution >= 0.6 is 0 Å². The molecule has 8 nitrogen and oxygen atoms in total. The maximum Gasteiger partial charge on any atom is 0.268 e. The largest absolute Gasteiger partial charge is 0.506 e. The predicted molar refractivity (Wildman–Crippen MR) is 74.3 cm³/mol. The number of anilines is 1. The molecule has 0 aromatic heterocycles. The van der Waals surface area contributed by atoms with Crippen LogP contribution in [0.1, 0.15) is 12.0 Å². The molecule has 4 N–H and O–H groups in total. The van der Waals surface area contributed by atoms with E-state index >= 15 is 0 Å². The van der Waals surface area contributed by atoms with Crippen molar-refractivity contribution in [3.63, 3.8) is 0 Å². The lowest BCUT2D eigenvalue weighted by Crippen LogP contribution is -2.42. The van der Waals surface area contributed by atoms with Crippen LogP contribution in [0.3, 0.4) is 0 Å². The molecule has 2 rings (SSSR count). The number of aromatic hydroxyl groups is 1. The van der Waals surface area contributed by atoms with Gasteiger partial charge in [-0.3, -0.25) is 4.79 Å². The zero-order chi connectivity index (χ0) is 15.6. The first-order valence-electron chi connectivity index (χ1n) is 6.08. The van der Waals surface area contributed by atoms with Gasteiger partial charge in [0.05, 0.1) is 5.69 Å². The molecule has 0 radical (unpaired) electrons. The van der Waals surface area contributed by atoms with Crippen LogP contribution in [0, 0.1) is 16.2 Å². The second-order valence-corrected chi connectivity index (χ2v) is 4.51. The molecule has 0 unspecified atom stereocenters. The molecule has 108 valence electrons. The molecule has 0 aliphatic carbocycles. The maximum absolute atomic E-state index is 12.0. The molecule has 21 heavy (non-hydrogen) atoms. The molecule has 8 heteroatoms. The summed E-state index contributed by atoms with van der Waals surface area (Å²) in [5.41, 5.74) is 4.51. The highest BCUT2D eigenvalue weighted by molar-refractivity contribution is 6.04. The summed E-state index contributed by atoms with van der Waals surface area (Å²) in [6, 6.07) is 3.82. The SMILES string of the molecule is N#C/C(C(=O)N1CCC1)=C(/O)c1cc(N)c(N=O)c(O)c1. The quantitative estimate of drug-likeness (QED) is 0.252. The summed E-state index contributed by atoms with van der Waals surface area (Å²) in [5, 5.41) is 31.3. The van der Waals surface area contributed by atoms with E-state index in [9.17, 15) is 19.9 Å². The van der Waals surface area contributed by atoms with E-state index in [1.165, 1.54) is 4.90 Å². The highest BCUT2D eigenvalue weighted by Gasteiger charge is 2.27. The van der Waals surface area contributed by atoms with E-state index in [0.29, 0.717) is 13.1 Å². The average molecular weight is 288 g/mol. The van der Waals surface area contributed by atoms with Crippen LogP contribution in [0.5, 0.6) is 5.75 Å². The molecule has 1 amide bonds. The molecule has 1 aliphatic heterocycles. The minimum atomic E-state index is -0.603. The first-order chi connectivity index (χ1) is 9.99. The topological polar surface area (TPSA) is 140 Å². The Kier molecular flexibility index (Phi) is 3.75. The Balaban J connectivity index is 2.48.